The molecule has 1 atom stereocenters. The molecule has 0 N–H and O–H groups in total. The lowest BCUT2D eigenvalue weighted by Gasteiger charge is -2.34. The number of nitrogens with zero attached hydrogens (tertiary/aromatic N) is 3. The van der Waals surface area contributed by atoms with Gasteiger partial charge in [0.05, 0.1) is 31.2 Å². The summed E-state index contributed by atoms with van der Waals surface area (Å²) in [6, 6.07) is 5.44. The van der Waals surface area contributed by atoms with Crippen molar-refractivity contribution >= 4 is 5.91 Å². The molecule has 0 spiro atoms. The van der Waals surface area contributed by atoms with Gasteiger partial charge in [0, 0.05) is 24.9 Å². The Hall–Kier alpha value is -2.54. The summed E-state index contributed by atoms with van der Waals surface area (Å²) >= 11 is 0. The molecule has 2 aromatic rings. The van der Waals surface area contributed by atoms with Gasteiger partial charge in [0.15, 0.2) is 11.5 Å². The van der Waals surface area contributed by atoms with Gasteiger partial charge in [0.25, 0.3) is 5.91 Å². The van der Waals surface area contributed by atoms with Gasteiger partial charge in [-0.15, -0.1) is 0 Å². The highest BCUT2D eigenvalue weighted by Gasteiger charge is 2.30. The molecule has 1 aliphatic carbocycles. The molecule has 26 heavy (non-hydrogen) atoms. The fraction of sp³-hybridized carbons (Fsp3) is 0.474. The Morgan fingerprint density at radius 1 is 1.23 bits per heavy atom. The van der Waals surface area contributed by atoms with E-state index in [0.29, 0.717) is 36.8 Å². The Morgan fingerprint density at radius 3 is 3.00 bits per heavy atom. The Labute approximate surface area is 151 Å². The fourth-order valence-corrected chi connectivity index (χ4v) is 3.54. The summed E-state index contributed by atoms with van der Waals surface area (Å²) < 4.78 is 18.8. The molecule has 5 rings (SSSR count). The Balaban J connectivity index is 1.33. The van der Waals surface area contributed by atoms with Gasteiger partial charge in [-0.05, 0) is 37.0 Å². The Morgan fingerprint density at radius 2 is 2.12 bits per heavy atom. The third-order valence-electron chi connectivity index (χ3n) is 5.19. The fourth-order valence-electron chi connectivity index (χ4n) is 3.54. The van der Waals surface area contributed by atoms with Crippen molar-refractivity contribution in [1.29, 1.82) is 0 Å². The quantitative estimate of drug-likeness (QED) is 0.823. The maximum absolute atomic E-state index is 13.0. The van der Waals surface area contributed by atoms with Gasteiger partial charge in [-0.2, -0.15) is 0 Å². The molecular weight excluding hydrogens is 334 g/mol. The van der Waals surface area contributed by atoms with Gasteiger partial charge in [0.1, 0.15) is 0 Å². The number of ether oxygens (including phenoxy) is 3. The minimum absolute atomic E-state index is 0.0112. The molecule has 0 bridgehead atoms. The number of carbonyl (C=O) groups excluding carboxylic acids is 1. The molecule has 7 heteroatoms. The number of rotatable bonds is 5. The molecule has 0 saturated heterocycles. The van der Waals surface area contributed by atoms with Crippen molar-refractivity contribution in [1.82, 2.24) is 14.5 Å². The number of fused-ring (bicyclic) bond motifs is 2. The summed E-state index contributed by atoms with van der Waals surface area (Å²) in [5.41, 5.74) is 1.64. The van der Waals surface area contributed by atoms with Gasteiger partial charge in [-0.1, -0.05) is 0 Å². The highest BCUT2D eigenvalue weighted by molar-refractivity contribution is 5.95. The van der Waals surface area contributed by atoms with Crippen LogP contribution < -0.4 is 9.47 Å². The van der Waals surface area contributed by atoms with Crippen molar-refractivity contribution in [3.05, 3.63) is 42.0 Å². The highest BCUT2D eigenvalue weighted by Crippen LogP contribution is 2.33. The Bertz CT molecular complexity index is 830. The van der Waals surface area contributed by atoms with Gasteiger partial charge in [-0.25, -0.2) is 4.98 Å². The molecule has 0 unspecified atom stereocenters. The zero-order chi connectivity index (χ0) is 17.5. The minimum Gasteiger partial charge on any atom is -0.454 e. The second-order valence-electron chi connectivity index (χ2n) is 7.18. The molecule has 3 heterocycles. The van der Waals surface area contributed by atoms with E-state index in [0.717, 1.165) is 18.2 Å². The van der Waals surface area contributed by atoms with E-state index in [-0.39, 0.29) is 18.7 Å². The lowest BCUT2D eigenvalue weighted by molar-refractivity contribution is 0.0498. The molecule has 3 aliphatic rings. The van der Waals surface area contributed by atoms with Crippen LogP contribution in [0.15, 0.2) is 30.7 Å². The maximum atomic E-state index is 13.0. The van der Waals surface area contributed by atoms with Crippen LogP contribution in [0.3, 0.4) is 0 Å². The summed E-state index contributed by atoms with van der Waals surface area (Å²) in [4.78, 5) is 19.1. The number of benzene rings is 1. The zero-order valence-corrected chi connectivity index (χ0v) is 14.5. The SMILES string of the molecule is O=C(c1ccc2c(c1)OCO2)N1Cc2cncn2[C@@H](COCC2CC2)C1. The van der Waals surface area contributed by atoms with Crippen molar-refractivity contribution in [3.8, 4) is 11.5 Å². The predicted molar refractivity (Wildman–Crippen MR) is 92.1 cm³/mol. The largest absolute Gasteiger partial charge is 0.454 e. The molecule has 7 nitrogen and oxygen atoms in total. The standard InChI is InChI=1S/C19H21N3O4/c23-19(14-3-4-17-18(5-14)26-12-25-17)21-7-15-6-20-11-22(15)16(8-21)10-24-9-13-1-2-13/h3-6,11,13,16H,1-2,7-10,12H2/t16-/m1/s1. The molecule has 136 valence electrons. The van der Waals surface area contributed by atoms with Crippen LogP contribution in [0, 0.1) is 5.92 Å². The molecular formula is C19H21N3O4. The van der Waals surface area contributed by atoms with Gasteiger partial charge in [-0.3, -0.25) is 4.79 Å². The molecule has 1 saturated carbocycles. The summed E-state index contributed by atoms with van der Waals surface area (Å²) in [5, 5.41) is 0. The van der Waals surface area contributed by atoms with E-state index in [1.165, 1.54) is 12.8 Å². The normalized spacial score (nSPS) is 20.9. The molecule has 1 aromatic heterocycles. The van der Waals surface area contributed by atoms with Crippen molar-refractivity contribution in [3.63, 3.8) is 0 Å². The lowest BCUT2D eigenvalue weighted by atomic mass is 10.1. The predicted octanol–water partition coefficient (Wildman–Crippen LogP) is 2.24. The van der Waals surface area contributed by atoms with Crippen molar-refractivity contribution in [2.75, 3.05) is 26.6 Å². The van der Waals surface area contributed by atoms with Crippen LogP contribution in [0.2, 0.25) is 0 Å². The summed E-state index contributed by atoms with van der Waals surface area (Å²) in [6.45, 7) is 2.78. The summed E-state index contributed by atoms with van der Waals surface area (Å²) in [6.07, 6.45) is 6.21. The molecule has 1 amide bonds. The van der Waals surface area contributed by atoms with Crippen LogP contribution in [0.1, 0.15) is 34.9 Å². The number of aromatic nitrogens is 2. The van der Waals surface area contributed by atoms with Crippen LogP contribution in [0.25, 0.3) is 0 Å². The second-order valence-corrected chi connectivity index (χ2v) is 7.18. The van der Waals surface area contributed by atoms with Crippen LogP contribution >= 0.6 is 0 Å². The number of amides is 1. The number of carbonyl (C=O) groups is 1. The molecule has 1 aromatic carbocycles. The topological polar surface area (TPSA) is 65.8 Å². The lowest BCUT2D eigenvalue weighted by Crippen LogP contribution is -2.42. The zero-order valence-electron chi connectivity index (χ0n) is 14.5. The number of imidazole rings is 1. The van der Waals surface area contributed by atoms with Gasteiger partial charge < -0.3 is 23.7 Å². The number of hydrogen-bond acceptors (Lipinski definition) is 5. The third kappa shape index (κ3) is 2.92. The minimum atomic E-state index is -0.0112. The van der Waals surface area contributed by atoms with Crippen molar-refractivity contribution in [2.45, 2.75) is 25.4 Å². The van der Waals surface area contributed by atoms with Crippen molar-refractivity contribution < 1.29 is 19.0 Å². The second kappa shape index (κ2) is 6.32. The summed E-state index contributed by atoms with van der Waals surface area (Å²) in [7, 11) is 0. The van der Waals surface area contributed by atoms with Gasteiger partial charge >= 0.3 is 0 Å². The van der Waals surface area contributed by atoms with E-state index >= 15 is 0 Å². The van der Waals surface area contributed by atoms with E-state index in [4.69, 9.17) is 14.2 Å². The molecule has 1 fully saturated rings. The molecule has 0 radical (unpaired) electrons. The van der Waals surface area contributed by atoms with Crippen LogP contribution in [-0.2, 0) is 11.3 Å². The number of hydrogen-bond donors (Lipinski definition) is 0. The average molecular weight is 355 g/mol. The highest BCUT2D eigenvalue weighted by atomic mass is 16.7. The first-order chi connectivity index (χ1) is 12.8. The van der Waals surface area contributed by atoms with Crippen LogP contribution in [0.5, 0.6) is 11.5 Å². The van der Waals surface area contributed by atoms with E-state index in [1.807, 2.05) is 17.4 Å². The first-order valence-electron chi connectivity index (χ1n) is 9.05. The first-order valence-corrected chi connectivity index (χ1v) is 9.05. The van der Waals surface area contributed by atoms with Crippen molar-refractivity contribution in [2.24, 2.45) is 5.92 Å². The van der Waals surface area contributed by atoms with E-state index < -0.39 is 0 Å². The van der Waals surface area contributed by atoms with Crippen LogP contribution in [0.4, 0.5) is 0 Å². The monoisotopic (exact) mass is 355 g/mol. The van der Waals surface area contributed by atoms with E-state index in [9.17, 15) is 4.79 Å². The average Bonchev–Trinajstić information content (AvgIpc) is 3.17. The van der Waals surface area contributed by atoms with Gasteiger partial charge in [0.2, 0.25) is 6.79 Å². The Kier molecular flexibility index (Phi) is 3.81. The maximum Gasteiger partial charge on any atom is 0.254 e. The third-order valence-corrected chi connectivity index (χ3v) is 5.19. The van der Waals surface area contributed by atoms with Crippen LogP contribution in [-0.4, -0.2) is 46.9 Å². The summed E-state index contributed by atoms with van der Waals surface area (Å²) in [5.74, 6) is 2.03. The smallest absolute Gasteiger partial charge is 0.254 e. The first kappa shape index (κ1) is 15.7. The van der Waals surface area contributed by atoms with E-state index in [1.54, 1.807) is 18.2 Å². The molecule has 2 aliphatic heterocycles. The van der Waals surface area contributed by atoms with E-state index in [2.05, 4.69) is 9.55 Å².